The zero-order valence-electron chi connectivity index (χ0n) is 22.5. The zero-order valence-corrected chi connectivity index (χ0v) is 23.3. The van der Waals surface area contributed by atoms with Crippen molar-refractivity contribution in [2.75, 3.05) is 31.6 Å². The van der Waals surface area contributed by atoms with Gasteiger partial charge in [0.15, 0.2) is 0 Å². The van der Waals surface area contributed by atoms with Gasteiger partial charge in [0, 0.05) is 66.2 Å². The van der Waals surface area contributed by atoms with Crippen LogP contribution < -0.4 is 15.8 Å². The van der Waals surface area contributed by atoms with Crippen molar-refractivity contribution in [3.63, 3.8) is 0 Å². The van der Waals surface area contributed by atoms with Crippen LogP contribution in [0.15, 0.2) is 23.0 Å². The van der Waals surface area contributed by atoms with Crippen molar-refractivity contribution in [2.45, 2.75) is 60.9 Å². The number of aromatic nitrogens is 1. The zero-order chi connectivity index (χ0) is 26.8. The first-order valence-electron chi connectivity index (χ1n) is 12.6. The molecule has 1 aliphatic heterocycles. The number of piperidine rings is 1. The molecule has 2 amide bonds. The van der Waals surface area contributed by atoms with Gasteiger partial charge in [-0.25, -0.2) is 0 Å². The number of likely N-dealkylation sites (tertiary alicyclic amines) is 1. The Bertz CT molecular complexity index is 1190. The highest BCUT2D eigenvalue weighted by atomic mass is 35.5. The Morgan fingerprint density at radius 1 is 1.14 bits per heavy atom. The van der Waals surface area contributed by atoms with Crippen LogP contribution in [0.5, 0.6) is 0 Å². The van der Waals surface area contributed by atoms with Crippen LogP contribution in [0.4, 0.5) is 5.69 Å². The Morgan fingerprint density at radius 2 is 1.78 bits per heavy atom. The number of nitrogens with one attached hydrogen (secondary N) is 2. The largest absolute Gasteiger partial charge is 0.374 e. The van der Waals surface area contributed by atoms with E-state index in [1.165, 1.54) is 0 Å². The van der Waals surface area contributed by atoms with Crippen LogP contribution in [-0.4, -0.2) is 48.4 Å². The van der Waals surface area contributed by atoms with E-state index >= 15 is 0 Å². The molecule has 2 heterocycles. The summed E-state index contributed by atoms with van der Waals surface area (Å²) in [5, 5.41) is 3.37. The Morgan fingerprint density at radius 3 is 2.36 bits per heavy atom. The fourth-order valence-corrected chi connectivity index (χ4v) is 5.15. The first-order chi connectivity index (χ1) is 16.8. The minimum absolute atomic E-state index is 0.142. The van der Waals surface area contributed by atoms with Gasteiger partial charge in [0.05, 0.1) is 0 Å². The number of amides is 2. The molecule has 0 radical (unpaired) electrons. The Hall–Kier alpha value is -2.80. The summed E-state index contributed by atoms with van der Waals surface area (Å²) >= 11 is 6.43. The van der Waals surface area contributed by atoms with E-state index in [4.69, 9.17) is 11.6 Å². The number of H-pyrrole nitrogens is 1. The summed E-state index contributed by atoms with van der Waals surface area (Å²) in [7, 11) is 2.02. The fourth-order valence-electron chi connectivity index (χ4n) is 4.94. The highest BCUT2D eigenvalue weighted by Crippen LogP contribution is 2.30. The minimum atomic E-state index is -0.357. The number of hydrogen-bond donors (Lipinski definition) is 2. The van der Waals surface area contributed by atoms with Crippen molar-refractivity contribution in [3.8, 4) is 0 Å². The predicted octanol–water partition coefficient (Wildman–Crippen LogP) is 4.60. The second-order valence-electron chi connectivity index (χ2n) is 11.1. The van der Waals surface area contributed by atoms with Crippen molar-refractivity contribution < 1.29 is 9.59 Å². The van der Waals surface area contributed by atoms with Crippen LogP contribution >= 0.6 is 11.6 Å². The van der Waals surface area contributed by atoms with Crippen LogP contribution in [0.1, 0.15) is 66.4 Å². The molecule has 1 aliphatic rings. The van der Waals surface area contributed by atoms with Crippen LogP contribution in [-0.2, 0) is 11.3 Å². The van der Waals surface area contributed by atoms with E-state index in [-0.39, 0.29) is 29.3 Å². The molecule has 3 rings (SSSR count). The summed E-state index contributed by atoms with van der Waals surface area (Å²) in [6.07, 6.45) is 1.90. The molecule has 1 aromatic carbocycles. The highest BCUT2D eigenvalue weighted by Gasteiger charge is 2.31. The number of halogens is 1. The van der Waals surface area contributed by atoms with Crippen molar-refractivity contribution in [1.82, 2.24) is 15.2 Å². The lowest BCUT2D eigenvalue weighted by Crippen LogP contribution is -2.45. The van der Waals surface area contributed by atoms with Gasteiger partial charge in [0.25, 0.3) is 11.5 Å². The molecule has 0 spiro atoms. The molecule has 1 saturated heterocycles. The molecule has 196 valence electrons. The molecule has 8 heteroatoms. The second kappa shape index (κ2) is 11.1. The molecule has 1 fully saturated rings. The number of benzene rings is 1. The van der Waals surface area contributed by atoms with Gasteiger partial charge in [-0.05, 0) is 68.9 Å². The molecule has 7 nitrogen and oxygen atoms in total. The van der Waals surface area contributed by atoms with Crippen LogP contribution in [0.25, 0.3) is 0 Å². The number of pyridine rings is 1. The topological polar surface area (TPSA) is 85.5 Å². The van der Waals surface area contributed by atoms with Gasteiger partial charge < -0.3 is 20.1 Å². The number of anilines is 1. The van der Waals surface area contributed by atoms with Gasteiger partial charge in [-0.1, -0.05) is 32.4 Å². The van der Waals surface area contributed by atoms with Crippen LogP contribution in [0.2, 0.25) is 5.02 Å². The van der Waals surface area contributed by atoms with E-state index in [1.54, 1.807) is 6.07 Å². The number of aromatic amines is 1. The van der Waals surface area contributed by atoms with Gasteiger partial charge >= 0.3 is 0 Å². The van der Waals surface area contributed by atoms with Crippen molar-refractivity contribution in [3.05, 3.63) is 61.5 Å². The van der Waals surface area contributed by atoms with Crippen LogP contribution in [0.3, 0.4) is 0 Å². The molecule has 36 heavy (non-hydrogen) atoms. The summed E-state index contributed by atoms with van der Waals surface area (Å²) in [5.41, 5.74) is 3.88. The Kier molecular flexibility index (Phi) is 8.55. The lowest BCUT2D eigenvalue weighted by molar-refractivity contribution is -0.140. The summed E-state index contributed by atoms with van der Waals surface area (Å²) < 4.78 is 0. The summed E-state index contributed by atoms with van der Waals surface area (Å²) in [4.78, 5) is 44.9. The normalized spacial score (nSPS) is 14.6. The summed E-state index contributed by atoms with van der Waals surface area (Å²) in [5.74, 6) is 0.391. The van der Waals surface area contributed by atoms with Gasteiger partial charge in [-0.3, -0.25) is 14.4 Å². The van der Waals surface area contributed by atoms with E-state index in [0.717, 1.165) is 55.0 Å². The third-order valence-corrected chi connectivity index (χ3v) is 7.21. The molecule has 0 bridgehead atoms. The fraction of sp³-hybridized carbons (Fsp3) is 0.536. The third-order valence-electron chi connectivity index (χ3n) is 7.00. The predicted molar refractivity (Wildman–Crippen MR) is 146 cm³/mol. The molecule has 0 saturated carbocycles. The molecule has 1 aromatic heterocycles. The maximum Gasteiger partial charge on any atom is 0.253 e. The summed E-state index contributed by atoms with van der Waals surface area (Å²) in [6.45, 7) is 14.0. The molecule has 0 aliphatic carbocycles. The molecule has 2 N–H and O–H groups in total. The molecular weight excluding hydrogens is 476 g/mol. The average Bonchev–Trinajstić information content (AvgIpc) is 2.78. The molecule has 0 unspecified atom stereocenters. The maximum absolute atomic E-state index is 13.1. The van der Waals surface area contributed by atoms with E-state index in [0.29, 0.717) is 22.1 Å². The van der Waals surface area contributed by atoms with E-state index in [2.05, 4.69) is 15.2 Å². The first-order valence-corrected chi connectivity index (χ1v) is 12.9. The third kappa shape index (κ3) is 6.49. The SMILES string of the molecule is Cc1cc(C)c(CNC(=O)c2cc(Cl)cc(N(C)CC3CCN(C(=O)C(C)(C)C)CC3)c2C)c(=O)[nH]1. The Balaban J connectivity index is 1.68. The van der Waals surface area contributed by atoms with Crippen molar-refractivity contribution >= 4 is 29.1 Å². The maximum atomic E-state index is 13.1. The first kappa shape index (κ1) is 27.8. The molecular formula is C28H39ClN4O3. The quantitative estimate of drug-likeness (QED) is 0.589. The highest BCUT2D eigenvalue weighted by molar-refractivity contribution is 6.31. The van der Waals surface area contributed by atoms with Crippen molar-refractivity contribution in [2.24, 2.45) is 11.3 Å². The average molecular weight is 515 g/mol. The van der Waals surface area contributed by atoms with E-state index < -0.39 is 0 Å². The number of carbonyl (C=O) groups excluding carboxylic acids is 2. The van der Waals surface area contributed by atoms with Crippen LogP contribution in [0, 0.1) is 32.1 Å². The monoisotopic (exact) mass is 514 g/mol. The van der Waals surface area contributed by atoms with Crippen molar-refractivity contribution in [1.29, 1.82) is 0 Å². The second-order valence-corrected chi connectivity index (χ2v) is 11.5. The van der Waals surface area contributed by atoms with Gasteiger partial charge in [0.2, 0.25) is 5.91 Å². The molecule has 2 aromatic rings. The lowest BCUT2D eigenvalue weighted by atomic mass is 9.90. The smallest absolute Gasteiger partial charge is 0.253 e. The standard InChI is InChI=1S/C28H39ClN4O3/c1-17-12-18(2)31-26(35)23(17)15-30-25(34)22-13-21(29)14-24(19(22)3)32(7)16-20-8-10-33(11-9-20)27(36)28(4,5)6/h12-14,20H,8-11,15-16H2,1-7H3,(H,30,34)(H,31,35). The number of aryl methyl sites for hydroxylation is 2. The van der Waals surface area contributed by atoms with Gasteiger partial charge in [0.1, 0.15) is 0 Å². The summed E-state index contributed by atoms with van der Waals surface area (Å²) in [6, 6.07) is 5.46. The number of nitrogens with zero attached hydrogens (tertiary/aromatic N) is 2. The van der Waals surface area contributed by atoms with E-state index in [1.807, 2.05) is 65.6 Å². The van der Waals surface area contributed by atoms with Gasteiger partial charge in [-0.2, -0.15) is 0 Å². The number of rotatable bonds is 6. The lowest BCUT2D eigenvalue weighted by Gasteiger charge is -2.37. The van der Waals surface area contributed by atoms with E-state index in [9.17, 15) is 14.4 Å². The number of hydrogen-bond acceptors (Lipinski definition) is 4. The molecule has 0 atom stereocenters. The van der Waals surface area contributed by atoms with Gasteiger partial charge in [-0.15, -0.1) is 0 Å². The minimum Gasteiger partial charge on any atom is -0.374 e. The number of carbonyl (C=O) groups is 2. The Labute approximate surface area is 219 Å².